The molecule has 132 valence electrons. The Hall–Kier alpha value is 0.310. The lowest BCUT2D eigenvalue weighted by Crippen LogP contribution is -2.84. The van der Waals surface area contributed by atoms with E-state index >= 15 is 0 Å². The van der Waals surface area contributed by atoms with Gasteiger partial charge in [0.1, 0.15) is 0 Å². The summed E-state index contributed by atoms with van der Waals surface area (Å²) >= 11 is 0. The molecule has 3 nitrogen and oxygen atoms in total. The van der Waals surface area contributed by atoms with Crippen molar-refractivity contribution >= 4 is 9.24 Å². The molecule has 0 N–H and O–H groups in total. The fourth-order valence-electron chi connectivity index (χ4n) is 6.74. The molecular weight excluding hydrogens is 307 g/mol. The minimum atomic E-state index is -0.512. The molecule has 0 aromatic heterocycles. The molecule has 0 radical (unpaired) electrons. The van der Waals surface area contributed by atoms with Gasteiger partial charge in [-0.15, -0.1) is 9.24 Å². The Bertz CT molecular complexity index is 489. The third-order valence-electron chi connectivity index (χ3n) is 7.62. The highest BCUT2D eigenvalue weighted by molar-refractivity contribution is 7.19. The van der Waals surface area contributed by atoms with Gasteiger partial charge < -0.3 is 14.2 Å². The second-order valence-electron chi connectivity index (χ2n) is 9.72. The van der Waals surface area contributed by atoms with Crippen molar-refractivity contribution in [2.45, 2.75) is 102 Å². The molecule has 4 heteroatoms. The maximum atomic E-state index is 6.64. The van der Waals surface area contributed by atoms with Crippen LogP contribution in [0.4, 0.5) is 0 Å². The van der Waals surface area contributed by atoms with Crippen LogP contribution in [0.15, 0.2) is 0 Å². The summed E-state index contributed by atoms with van der Waals surface area (Å²) < 4.78 is 19.5. The van der Waals surface area contributed by atoms with E-state index in [1.807, 2.05) is 0 Å². The predicted molar refractivity (Wildman–Crippen MR) is 94.2 cm³/mol. The minimum Gasteiger partial charge on any atom is -0.343 e. The van der Waals surface area contributed by atoms with Crippen LogP contribution < -0.4 is 0 Å². The van der Waals surface area contributed by atoms with Crippen molar-refractivity contribution in [3.05, 3.63) is 0 Å². The molecule has 5 fully saturated rings. The predicted octanol–water partition coefficient (Wildman–Crippen LogP) is 4.49. The van der Waals surface area contributed by atoms with Crippen molar-refractivity contribution in [2.75, 3.05) is 0 Å². The van der Waals surface area contributed by atoms with E-state index in [0.717, 1.165) is 24.7 Å². The van der Waals surface area contributed by atoms with Gasteiger partial charge in [0.15, 0.2) is 11.6 Å². The molecule has 0 spiro atoms. The van der Waals surface area contributed by atoms with Gasteiger partial charge in [0.25, 0.3) is 0 Å². The molecule has 5 rings (SSSR count). The van der Waals surface area contributed by atoms with E-state index in [9.17, 15) is 0 Å². The van der Waals surface area contributed by atoms with Crippen LogP contribution in [0.2, 0.25) is 0 Å². The van der Waals surface area contributed by atoms with Crippen molar-refractivity contribution in [3.8, 4) is 0 Å². The number of hydrogen-bond donors (Lipinski definition) is 0. The molecule has 0 aromatic rings. The normalized spacial score (nSPS) is 65.1. The first kappa shape index (κ1) is 16.8. The van der Waals surface area contributed by atoms with Crippen LogP contribution in [0.5, 0.6) is 0 Å². The molecule has 0 aromatic carbocycles. The highest BCUT2D eigenvalue weighted by atomic mass is 31.0. The fourth-order valence-corrected chi connectivity index (χ4v) is 7.36. The van der Waals surface area contributed by atoms with Gasteiger partial charge >= 0.3 is 0 Å². The van der Waals surface area contributed by atoms with E-state index in [1.54, 1.807) is 0 Å². The van der Waals surface area contributed by atoms with Crippen molar-refractivity contribution in [1.29, 1.82) is 0 Å². The molecule has 4 bridgehead atoms. The second kappa shape index (κ2) is 4.53. The van der Waals surface area contributed by atoms with Crippen molar-refractivity contribution in [2.24, 2.45) is 17.8 Å². The van der Waals surface area contributed by atoms with E-state index in [-0.39, 0.29) is 16.4 Å². The largest absolute Gasteiger partial charge is 0.343 e. The van der Waals surface area contributed by atoms with E-state index in [4.69, 9.17) is 14.2 Å². The first-order valence-electron chi connectivity index (χ1n) is 9.34. The summed E-state index contributed by atoms with van der Waals surface area (Å²) in [4.78, 5) is 0. The zero-order chi connectivity index (χ0) is 16.9. The van der Waals surface area contributed by atoms with Gasteiger partial charge in [-0.05, 0) is 58.3 Å². The Kier molecular flexibility index (Phi) is 3.30. The summed E-state index contributed by atoms with van der Waals surface area (Å²) in [5.41, 5.74) is -0.425. The van der Waals surface area contributed by atoms with E-state index < -0.39 is 11.6 Å². The van der Waals surface area contributed by atoms with Crippen LogP contribution in [-0.2, 0) is 14.2 Å². The van der Waals surface area contributed by atoms with Gasteiger partial charge in [-0.1, -0.05) is 20.3 Å². The van der Waals surface area contributed by atoms with Crippen LogP contribution >= 0.6 is 9.24 Å². The van der Waals surface area contributed by atoms with Crippen LogP contribution in [0.3, 0.4) is 0 Å². The third kappa shape index (κ3) is 2.03. The molecule has 5 aliphatic rings. The molecule has 23 heavy (non-hydrogen) atoms. The lowest BCUT2D eigenvalue weighted by molar-refractivity contribution is -0.525. The number of rotatable bonds is 1. The zero-order valence-electron chi connectivity index (χ0n) is 15.6. The Balaban J connectivity index is 1.77. The van der Waals surface area contributed by atoms with E-state index in [0.29, 0.717) is 5.92 Å². The van der Waals surface area contributed by atoms with Crippen LogP contribution in [0, 0.1) is 17.8 Å². The molecule has 8 atom stereocenters. The summed E-state index contributed by atoms with van der Waals surface area (Å²) in [6.07, 6.45) is 5.50. The summed E-state index contributed by atoms with van der Waals surface area (Å²) in [5, 5.41) is -0.0444. The molecule has 4 heterocycles. The average Bonchev–Trinajstić information content (AvgIpc) is 2.35. The van der Waals surface area contributed by atoms with Gasteiger partial charge in [-0.2, -0.15) is 0 Å². The van der Waals surface area contributed by atoms with Gasteiger partial charge in [-0.25, -0.2) is 0 Å². The third-order valence-corrected chi connectivity index (χ3v) is 9.32. The first-order valence-corrected chi connectivity index (χ1v) is 9.91. The number of ether oxygens (including phenoxy) is 3. The molecular formula is C19H33O3P. The second-order valence-corrected chi connectivity index (χ2v) is 10.6. The first-order chi connectivity index (χ1) is 10.4. The summed E-state index contributed by atoms with van der Waals surface area (Å²) in [5.74, 6) is 1.21. The quantitative estimate of drug-likeness (QED) is 0.658. The Morgan fingerprint density at radius 1 is 0.783 bits per heavy atom. The highest BCUT2D eigenvalue weighted by Crippen LogP contribution is 2.70. The fraction of sp³-hybridized carbons (Fsp3) is 1.00. The van der Waals surface area contributed by atoms with Crippen molar-refractivity contribution < 1.29 is 14.2 Å². The smallest absolute Gasteiger partial charge is 0.172 e. The maximum absolute atomic E-state index is 6.64. The van der Waals surface area contributed by atoms with Crippen LogP contribution in [0.1, 0.15) is 73.6 Å². The Labute approximate surface area is 143 Å². The maximum Gasteiger partial charge on any atom is 0.172 e. The molecule has 8 unspecified atom stereocenters. The molecule has 4 saturated heterocycles. The molecule has 1 saturated carbocycles. The molecule has 1 aliphatic carbocycles. The zero-order valence-corrected chi connectivity index (χ0v) is 16.7. The van der Waals surface area contributed by atoms with Gasteiger partial charge in [0.2, 0.25) is 0 Å². The molecule has 0 amide bonds. The SMILES string of the molecule is CC1CCC(C2(P)C3(C)CC4(C)OC(C)(CC2(C)O4)O3)CC1C. The monoisotopic (exact) mass is 340 g/mol. The Morgan fingerprint density at radius 2 is 1.30 bits per heavy atom. The van der Waals surface area contributed by atoms with Gasteiger partial charge in [0, 0.05) is 18.0 Å². The average molecular weight is 340 g/mol. The Morgan fingerprint density at radius 3 is 1.78 bits per heavy atom. The molecule has 4 aliphatic heterocycles. The van der Waals surface area contributed by atoms with E-state index in [1.165, 1.54) is 19.3 Å². The highest BCUT2D eigenvalue weighted by Gasteiger charge is 2.77. The number of hydrogen-bond acceptors (Lipinski definition) is 3. The lowest BCUT2D eigenvalue weighted by Gasteiger charge is -2.75. The van der Waals surface area contributed by atoms with Crippen molar-refractivity contribution in [1.82, 2.24) is 0 Å². The summed E-state index contributed by atoms with van der Waals surface area (Å²) in [6.45, 7) is 13.6. The minimum absolute atomic E-state index is 0.0444. The summed E-state index contributed by atoms with van der Waals surface area (Å²) in [7, 11) is 3.25. The summed E-state index contributed by atoms with van der Waals surface area (Å²) in [6, 6.07) is 0. The van der Waals surface area contributed by atoms with Crippen molar-refractivity contribution in [3.63, 3.8) is 0 Å². The standard InChI is InChI=1S/C19H33O3P/c1-12-7-8-14(9-13(12)2)19(23)15(3)10-17(5)21-16(19,4)11-18(6,20-15)22-17/h12-14H,7-11,23H2,1-6H3. The van der Waals surface area contributed by atoms with E-state index in [2.05, 4.69) is 50.8 Å². The topological polar surface area (TPSA) is 27.7 Å². The lowest BCUT2D eigenvalue weighted by atomic mass is 9.55. The van der Waals surface area contributed by atoms with Crippen LogP contribution in [0.25, 0.3) is 0 Å². The van der Waals surface area contributed by atoms with Crippen LogP contribution in [-0.4, -0.2) is 27.9 Å². The van der Waals surface area contributed by atoms with Gasteiger partial charge in [0.05, 0.1) is 11.2 Å². The van der Waals surface area contributed by atoms with Gasteiger partial charge in [-0.3, -0.25) is 0 Å².